The van der Waals surface area contributed by atoms with E-state index in [4.69, 9.17) is 15.2 Å². The van der Waals surface area contributed by atoms with E-state index in [2.05, 4.69) is 9.80 Å². The summed E-state index contributed by atoms with van der Waals surface area (Å²) in [6, 6.07) is 4.64. The van der Waals surface area contributed by atoms with E-state index in [0.717, 1.165) is 64.1 Å². The van der Waals surface area contributed by atoms with E-state index < -0.39 is 30.1 Å². The van der Waals surface area contributed by atoms with Crippen molar-refractivity contribution in [2.45, 2.75) is 49.9 Å². The lowest BCUT2D eigenvalue weighted by Crippen LogP contribution is -2.47. The van der Waals surface area contributed by atoms with Crippen molar-refractivity contribution in [2.24, 2.45) is 11.7 Å². The first-order valence-corrected chi connectivity index (χ1v) is 13.4. The Morgan fingerprint density at radius 2 is 1.92 bits per heavy atom. The minimum Gasteiger partial charge on any atom is -0.383 e. The number of amides is 2. The Balaban J connectivity index is 1.46. The van der Waals surface area contributed by atoms with Crippen molar-refractivity contribution in [3.63, 3.8) is 0 Å². The molecule has 4 atom stereocenters. The number of carbonyl (C=O) groups excluding carboxylic acids is 3. The van der Waals surface area contributed by atoms with Gasteiger partial charge in [-0.05, 0) is 42.5 Å². The molecule has 10 heteroatoms. The molecule has 0 aromatic heterocycles. The van der Waals surface area contributed by atoms with Gasteiger partial charge >= 0.3 is 0 Å². The number of nitrogens with zero attached hydrogens (tertiary/aromatic N) is 3. The number of ketones is 1. The van der Waals surface area contributed by atoms with Crippen LogP contribution in [0.5, 0.6) is 0 Å². The van der Waals surface area contributed by atoms with Gasteiger partial charge in [0.15, 0.2) is 5.78 Å². The van der Waals surface area contributed by atoms with Gasteiger partial charge in [-0.15, -0.1) is 0 Å². The molecule has 0 unspecified atom stereocenters. The predicted octanol–water partition coefficient (Wildman–Crippen LogP) is 1.34. The van der Waals surface area contributed by atoms with Crippen molar-refractivity contribution in [1.29, 1.82) is 0 Å². The summed E-state index contributed by atoms with van der Waals surface area (Å²) in [6.07, 6.45) is 1.34. The maximum atomic E-state index is 14.8. The van der Waals surface area contributed by atoms with Crippen LogP contribution in [0.3, 0.4) is 0 Å². The maximum Gasteiger partial charge on any atom is 0.249 e. The number of benzene rings is 1. The molecule has 1 aromatic carbocycles. The third kappa shape index (κ3) is 5.11. The van der Waals surface area contributed by atoms with Gasteiger partial charge in [-0.25, -0.2) is 4.39 Å². The smallest absolute Gasteiger partial charge is 0.249 e. The van der Waals surface area contributed by atoms with Crippen molar-refractivity contribution in [3.05, 3.63) is 29.3 Å². The Labute approximate surface area is 217 Å². The molecule has 3 saturated heterocycles. The molecule has 0 bridgehead atoms. The van der Waals surface area contributed by atoms with Gasteiger partial charge in [0, 0.05) is 51.1 Å². The molecule has 1 aliphatic carbocycles. The number of hydrogen-bond donors (Lipinski definition) is 1. The summed E-state index contributed by atoms with van der Waals surface area (Å²) in [4.78, 5) is 45.2. The molecular formula is C27H37FN4O5. The van der Waals surface area contributed by atoms with Gasteiger partial charge in [0.1, 0.15) is 24.9 Å². The number of likely N-dealkylation sites (tertiary alicyclic amines) is 1. The van der Waals surface area contributed by atoms with Crippen LogP contribution in [0.25, 0.3) is 0 Å². The second-order valence-corrected chi connectivity index (χ2v) is 10.7. The largest absolute Gasteiger partial charge is 0.383 e. The van der Waals surface area contributed by atoms with E-state index in [1.165, 1.54) is 4.90 Å². The summed E-state index contributed by atoms with van der Waals surface area (Å²) < 4.78 is 25.3. The first-order valence-electron chi connectivity index (χ1n) is 13.4. The molecular weight excluding hydrogens is 479 g/mol. The molecule has 9 nitrogen and oxygen atoms in total. The molecule has 2 amide bonds. The summed E-state index contributed by atoms with van der Waals surface area (Å²) in [7, 11) is 1.70. The minimum absolute atomic E-state index is 0.00118. The zero-order valence-corrected chi connectivity index (χ0v) is 21.4. The molecule has 4 aliphatic rings. The highest BCUT2D eigenvalue weighted by Crippen LogP contribution is 2.43. The van der Waals surface area contributed by atoms with E-state index in [-0.39, 0.29) is 30.8 Å². The summed E-state index contributed by atoms with van der Waals surface area (Å²) >= 11 is 0. The highest BCUT2D eigenvalue weighted by atomic mass is 19.1. The highest BCUT2D eigenvalue weighted by molar-refractivity contribution is 5.99. The third-order valence-corrected chi connectivity index (χ3v) is 8.53. The summed E-state index contributed by atoms with van der Waals surface area (Å²) in [5.74, 6) is -1.82. The fourth-order valence-corrected chi connectivity index (χ4v) is 6.56. The molecule has 0 spiro atoms. The summed E-state index contributed by atoms with van der Waals surface area (Å²) in [5, 5.41) is 0. The van der Waals surface area contributed by atoms with Crippen LogP contribution in [-0.2, 0) is 19.1 Å². The molecule has 1 aromatic rings. The van der Waals surface area contributed by atoms with Gasteiger partial charge in [0.25, 0.3) is 0 Å². The second-order valence-electron chi connectivity index (χ2n) is 10.7. The number of halogens is 1. The normalized spacial score (nSPS) is 27.6. The Morgan fingerprint density at radius 1 is 1.19 bits per heavy atom. The van der Waals surface area contributed by atoms with Crippen LogP contribution in [0, 0.1) is 5.92 Å². The van der Waals surface area contributed by atoms with Crippen LogP contribution in [0.15, 0.2) is 18.2 Å². The summed E-state index contributed by atoms with van der Waals surface area (Å²) in [5.41, 5.74) is 7.64. The van der Waals surface area contributed by atoms with Gasteiger partial charge in [-0.2, -0.15) is 0 Å². The minimum atomic E-state index is -1.40. The quantitative estimate of drug-likeness (QED) is 0.556. The molecule has 202 valence electrons. The lowest BCUT2D eigenvalue weighted by molar-refractivity contribution is -0.138. The van der Waals surface area contributed by atoms with E-state index in [1.807, 2.05) is 12.1 Å². The molecule has 37 heavy (non-hydrogen) atoms. The SMILES string of the molecule is COCCN1CCN(c2ccc(C(N)=O)c([C@@H](C(=O)N3C[C@H](F)[C@H]4OCC(=O)[C@H]43)C3CCCC3)c2)CC1. The number of Topliss-reactive ketones (excluding diaryl/α,β-unsaturated/α-hetero) is 1. The Kier molecular flexibility index (Phi) is 7.78. The Morgan fingerprint density at radius 3 is 2.59 bits per heavy atom. The van der Waals surface area contributed by atoms with Crippen molar-refractivity contribution >= 4 is 23.3 Å². The van der Waals surface area contributed by atoms with Crippen molar-refractivity contribution in [2.75, 3.05) is 64.5 Å². The average molecular weight is 517 g/mol. The molecule has 3 aliphatic heterocycles. The van der Waals surface area contributed by atoms with Crippen LogP contribution in [0.1, 0.15) is 47.5 Å². The number of hydrogen-bond acceptors (Lipinski definition) is 7. The molecule has 5 rings (SSSR count). The average Bonchev–Trinajstić information content (AvgIpc) is 3.63. The fourth-order valence-electron chi connectivity index (χ4n) is 6.56. The van der Waals surface area contributed by atoms with Gasteiger partial charge in [0.2, 0.25) is 11.8 Å². The van der Waals surface area contributed by atoms with Gasteiger partial charge in [-0.1, -0.05) is 12.8 Å². The van der Waals surface area contributed by atoms with Gasteiger partial charge in [0.05, 0.1) is 19.1 Å². The van der Waals surface area contributed by atoms with E-state index in [0.29, 0.717) is 17.7 Å². The maximum absolute atomic E-state index is 14.8. The number of primary amides is 1. The topological polar surface area (TPSA) is 105 Å². The van der Waals surface area contributed by atoms with E-state index >= 15 is 0 Å². The van der Waals surface area contributed by atoms with Crippen LogP contribution in [-0.4, -0.2) is 105 Å². The zero-order valence-electron chi connectivity index (χ0n) is 21.4. The fraction of sp³-hybridized carbons (Fsp3) is 0.667. The van der Waals surface area contributed by atoms with Gasteiger partial charge in [-0.3, -0.25) is 19.3 Å². The number of piperazine rings is 1. The number of alkyl halides is 1. The number of fused-ring (bicyclic) bond motifs is 1. The highest BCUT2D eigenvalue weighted by Gasteiger charge is 2.54. The number of ether oxygens (including phenoxy) is 2. The standard InChI is InChI=1S/C27H37FN4O5/c1-36-13-12-30-8-10-31(11-9-30)18-6-7-19(26(29)34)20(14-18)23(17-4-2-3-5-17)27(35)32-15-21(28)25-24(32)22(33)16-37-25/h6-7,14,17,21,23-25H,2-5,8-13,15-16H2,1H3,(H2,29,34)/t21-,23-,24+,25+/m0/s1. The van der Waals surface area contributed by atoms with Crippen LogP contribution in [0.4, 0.5) is 10.1 Å². The number of rotatable bonds is 8. The van der Waals surface area contributed by atoms with Crippen molar-refractivity contribution in [1.82, 2.24) is 9.80 Å². The van der Waals surface area contributed by atoms with Gasteiger partial charge < -0.3 is 25.0 Å². The van der Waals surface area contributed by atoms with E-state index in [1.54, 1.807) is 13.2 Å². The second kappa shape index (κ2) is 11.0. The van der Waals surface area contributed by atoms with Crippen LogP contribution < -0.4 is 10.6 Å². The number of methoxy groups -OCH3 is 1. The van der Waals surface area contributed by atoms with Crippen molar-refractivity contribution < 1.29 is 28.2 Å². The first-order chi connectivity index (χ1) is 17.9. The van der Waals surface area contributed by atoms with Crippen LogP contribution >= 0.6 is 0 Å². The number of carbonyl (C=O) groups is 3. The third-order valence-electron chi connectivity index (χ3n) is 8.53. The molecule has 4 fully saturated rings. The predicted molar refractivity (Wildman–Crippen MR) is 135 cm³/mol. The zero-order chi connectivity index (χ0) is 26.1. The Bertz CT molecular complexity index is 1020. The van der Waals surface area contributed by atoms with E-state index in [9.17, 15) is 18.8 Å². The monoisotopic (exact) mass is 516 g/mol. The molecule has 3 heterocycles. The first kappa shape index (κ1) is 26.1. The number of anilines is 1. The van der Waals surface area contributed by atoms with Crippen LogP contribution in [0.2, 0.25) is 0 Å². The lowest BCUT2D eigenvalue weighted by Gasteiger charge is -2.37. The Hall–Kier alpha value is -2.56. The summed E-state index contributed by atoms with van der Waals surface area (Å²) in [6.45, 7) is 4.62. The molecule has 1 saturated carbocycles. The van der Waals surface area contributed by atoms with Crippen molar-refractivity contribution in [3.8, 4) is 0 Å². The molecule has 2 N–H and O–H groups in total. The molecule has 0 radical (unpaired) electrons. The lowest BCUT2D eigenvalue weighted by atomic mass is 9.80. The number of nitrogens with two attached hydrogens (primary N) is 1.